The van der Waals surface area contributed by atoms with Crippen LogP contribution in [0.15, 0.2) is 28.7 Å². The molecule has 3 N–H and O–H groups in total. The first-order chi connectivity index (χ1) is 9.55. The Hall–Kier alpha value is -1.03. The van der Waals surface area contributed by atoms with Crippen LogP contribution in [0.3, 0.4) is 0 Å². The third-order valence-corrected chi connectivity index (χ3v) is 4.88. The van der Waals surface area contributed by atoms with Crippen molar-refractivity contribution < 1.29 is 4.79 Å². The fourth-order valence-electron chi connectivity index (χ4n) is 3.11. The number of carbonyl (C=O) groups excluding carboxylic acids is 1. The van der Waals surface area contributed by atoms with Gasteiger partial charge in [0.25, 0.3) is 0 Å². The predicted molar refractivity (Wildman–Crippen MR) is 86.6 cm³/mol. The number of nitrogens with one attached hydrogen (secondary N) is 1. The number of halogens is 1. The molecule has 0 aliphatic heterocycles. The number of amides is 1. The second-order valence-corrected chi connectivity index (χ2v) is 6.73. The van der Waals surface area contributed by atoms with Crippen LogP contribution >= 0.6 is 15.9 Å². The van der Waals surface area contributed by atoms with Crippen LogP contribution in [-0.2, 0) is 4.79 Å². The van der Waals surface area contributed by atoms with E-state index in [1.807, 2.05) is 24.3 Å². The molecule has 1 saturated carbocycles. The molecule has 0 radical (unpaired) electrons. The van der Waals surface area contributed by atoms with E-state index in [0.29, 0.717) is 0 Å². The molecule has 1 aromatic carbocycles. The van der Waals surface area contributed by atoms with Crippen molar-refractivity contribution in [3.63, 3.8) is 0 Å². The monoisotopic (exact) mass is 338 g/mol. The van der Waals surface area contributed by atoms with Crippen LogP contribution in [0, 0.1) is 5.92 Å². The van der Waals surface area contributed by atoms with Crippen molar-refractivity contribution in [1.82, 2.24) is 0 Å². The van der Waals surface area contributed by atoms with Gasteiger partial charge in [-0.1, -0.05) is 35.7 Å². The van der Waals surface area contributed by atoms with Gasteiger partial charge in [-0.3, -0.25) is 4.79 Å². The maximum Gasteiger partial charge on any atom is 0.243 e. The number of primary amides is 1. The van der Waals surface area contributed by atoms with E-state index >= 15 is 0 Å². The lowest BCUT2D eigenvalue weighted by molar-refractivity contribution is -0.123. The lowest BCUT2D eigenvalue weighted by Crippen LogP contribution is -2.52. The summed E-state index contributed by atoms with van der Waals surface area (Å²) < 4.78 is 1.03. The Bertz CT molecular complexity index is 450. The topological polar surface area (TPSA) is 55.1 Å². The lowest BCUT2D eigenvalue weighted by Gasteiger charge is -2.39. The first kappa shape index (κ1) is 15.4. The van der Waals surface area contributed by atoms with Crippen LogP contribution in [0.4, 0.5) is 5.69 Å². The summed E-state index contributed by atoms with van der Waals surface area (Å²) in [6, 6.07) is 7.90. The van der Waals surface area contributed by atoms with Gasteiger partial charge >= 0.3 is 0 Å². The zero-order chi connectivity index (χ0) is 14.6. The SMILES string of the molecule is CCCC1CCC(Nc2ccc(Br)cc2)(C(N)=O)CC1. The van der Waals surface area contributed by atoms with Gasteiger partial charge in [-0.25, -0.2) is 0 Å². The molecule has 3 nitrogen and oxygen atoms in total. The van der Waals surface area contributed by atoms with Gasteiger partial charge in [0.05, 0.1) is 0 Å². The molecule has 1 amide bonds. The second kappa shape index (κ2) is 6.61. The standard InChI is InChI=1S/C16H23BrN2O/c1-2-3-12-8-10-16(11-9-12,15(18)20)19-14-6-4-13(17)5-7-14/h4-7,12,19H,2-3,8-11H2,1H3,(H2,18,20). The van der Waals surface area contributed by atoms with Crippen molar-refractivity contribution in [3.8, 4) is 0 Å². The van der Waals surface area contributed by atoms with E-state index < -0.39 is 5.54 Å². The summed E-state index contributed by atoms with van der Waals surface area (Å²) in [6.45, 7) is 2.22. The number of benzene rings is 1. The Morgan fingerprint density at radius 1 is 1.35 bits per heavy atom. The summed E-state index contributed by atoms with van der Waals surface area (Å²) in [5, 5.41) is 3.39. The highest BCUT2D eigenvalue weighted by Gasteiger charge is 2.40. The Morgan fingerprint density at radius 2 is 1.95 bits per heavy atom. The summed E-state index contributed by atoms with van der Waals surface area (Å²) >= 11 is 3.42. The van der Waals surface area contributed by atoms with Gasteiger partial charge < -0.3 is 11.1 Å². The quantitative estimate of drug-likeness (QED) is 0.849. The lowest BCUT2D eigenvalue weighted by atomic mass is 9.74. The van der Waals surface area contributed by atoms with Gasteiger partial charge in [-0.15, -0.1) is 0 Å². The third kappa shape index (κ3) is 3.54. The van der Waals surface area contributed by atoms with E-state index in [9.17, 15) is 4.79 Å². The van der Waals surface area contributed by atoms with Crippen molar-refractivity contribution >= 4 is 27.5 Å². The van der Waals surface area contributed by atoms with E-state index in [4.69, 9.17) is 5.73 Å². The van der Waals surface area contributed by atoms with Gasteiger partial charge in [-0.2, -0.15) is 0 Å². The molecular formula is C16H23BrN2O. The number of hydrogen-bond donors (Lipinski definition) is 2. The molecule has 0 aromatic heterocycles. The molecule has 0 spiro atoms. The summed E-state index contributed by atoms with van der Waals surface area (Å²) in [7, 11) is 0. The number of nitrogens with two attached hydrogens (primary N) is 1. The molecule has 1 aliphatic carbocycles. The first-order valence-electron chi connectivity index (χ1n) is 7.39. The molecule has 4 heteroatoms. The maximum absolute atomic E-state index is 12.0. The molecule has 1 aromatic rings. The molecule has 2 rings (SSSR count). The van der Waals surface area contributed by atoms with Crippen LogP contribution in [0.1, 0.15) is 45.4 Å². The van der Waals surface area contributed by atoms with Crippen LogP contribution in [0.25, 0.3) is 0 Å². The molecule has 20 heavy (non-hydrogen) atoms. The second-order valence-electron chi connectivity index (χ2n) is 5.81. The summed E-state index contributed by atoms with van der Waals surface area (Å²) in [4.78, 5) is 12.0. The zero-order valence-electron chi connectivity index (χ0n) is 12.0. The van der Waals surface area contributed by atoms with Gasteiger partial charge in [0, 0.05) is 10.2 Å². The minimum absolute atomic E-state index is 0.227. The minimum atomic E-state index is -0.571. The molecule has 0 saturated heterocycles. The third-order valence-electron chi connectivity index (χ3n) is 4.36. The molecule has 0 bridgehead atoms. The highest BCUT2D eigenvalue weighted by atomic mass is 79.9. The largest absolute Gasteiger partial charge is 0.371 e. The van der Waals surface area contributed by atoms with Crippen molar-refractivity contribution in [3.05, 3.63) is 28.7 Å². The normalized spacial score (nSPS) is 26.2. The average molecular weight is 339 g/mol. The number of rotatable bonds is 5. The highest BCUT2D eigenvalue weighted by Crippen LogP contribution is 2.36. The van der Waals surface area contributed by atoms with E-state index in [0.717, 1.165) is 41.8 Å². The van der Waals surface area contributed by atoms with Crippen molar-refractivity contribution in [2.75, 3.05) is 5.32 Å². The Balaban J connectivity index is 2.08. The summed E-state index contributed by atoms with van der Waals surface area (Å²) in [5.41, 5.74) is 6.08. The van der Waals surface area contributed by atoms with E-state index in [1.165, 1.54) is 12.8 Å². The van der Waals surface area contributed by atoms with Crippen molar-refractivity contribution in [2.45, 2.75) is 51.0 Å². The Morgan fingerprint density at radius 3 is 2.45 bits per heavy atom. The predicted octanol–water partition coefficient (Wildman–Crippen LogP) is 4.08. The van der Waals surface area contributed by atoms with Crippen LogP contribution in [-0.4, -0.2) is 11.4 Å². The molecular weight excluding hydrogens is 316 g/mol. The molecule has 1 fully saturated rings. The summed E-state index contributed by atoms with van der Waals surface area (Å²) in [5.74, 6) is 0.523. The Labute approximate surface area is 129 Å². The first-order valence-corrected chi connectivity index (χ1v) is 8.19. The van der Waals surface area contributed by atoms with E-state index in [-0.39, 0.29) is 5.91 Å². The minimum Gasteiger partial charge on any atom is -0.371 e. The van der Waals surface area contributed by atoms with Crippen LogP contribution in [0.2, 0.25) is 0 Å². The summed E-state index contributed by atoms with van der Waals surface area (Å²) in [6.07, 6.45) is 6.31. The fourth-order valence-corrected chi connectivity index (χ4v) is 3.37. The van der Waals surface area contributed by atoms with Gasteiger partial charge in [-0.05, 0) is 55.9 Å². The number of anilines is 1. The molecule has 0 unspecified atom stereocenters. The molecule has 110 valence electrons. The van der Waals surface area contributed by atoms with Gasteiger partial charge in [0.2, 0.25) is 5.91 Å². The number of carbonyl (C=O) groups is 1. The van der Waals surface area contributed by atoms with Crippen molar-refractivity contribution in [2.24, 2.45) is 11.7 Å². The molecule has 0 heterocycles. The van der Waals surface area contributed by atoms with Crippen molar-refractivity contribution in [1.29, 1.82) is 0 Å². The van der Waals surface area contributed by atoms with E-state index in [2.05, 4.69) is 28.2 Å². The van der Waals surface area contributed by atoms with Gasteiger partial charge in [0.1, 0.15) is 5.54 Å². The van der Waals surface area contributed by atoms with Crippen LogP contribution in [0.5, 0.6) is 0 Å². The fraction of sp³-hybridized carbons (Fsp3) is 0.562. The zero-order valence-corrected chi connectivity index (χ0v) is 13.6. The molecule has 0 atom stereocenters. The highest BCUT2D eigenvalue weighted by molar-refractivity contribution is 9.10. The Kier molecular flexibility index (Phi) is 5.08. The van der Waals surface area contributed by atoms with E-state index in [1.54, 1.807) is 0 Å². The smallest absolute Gasteiger partial charge is 0.243 e. The van der Waals surface area contributed by atoms with Crippen LogP contribution < -0.4 is 11.1 Å². The maximum atomic E-state index is 12.0. The molecule has 1 aliphatic rings. The number of hydrogen-bond acceptors (Lipinski definition) is 2. The van der Waals surface area contributed by atoms with Gasteiger partial charge in [0.15, 0.2) is 0 Å². The average Bonchev–Trinajstić information content (AvgIpc) is 2.44.